The summed E-state index contributed by atoms with van der Waals surface area (Å²) in [5, 5.41) is 43.5. The number of fused-ring (bicyclic) bond motifs is 6. The third-order valence-electron chi connectivity index (χ3n) is 7.50. The van der Waals surface area contributed by atoms with Crippen molar-refractivity contribution in [1.82, 2.24) is 5.32 Å². The van der Waals surface area contributed by atoms with Gasteiger partial charge in [-0.3, -0.25) is 10.5 Å². The fourth-order valence-corrected chi connectivity index (χ4v) is 5.69. The smallest absolute Gasteiger partial charge is 0.343 e. The van der Waals surface area contributed by atoms with E-state index in [-0.39, 0.29) is 29.5 Å². The predicted octanol–water partition coefficient (Wildman–Crippen LogP) is 0.578. The van der Waals surface area contributed by atoms with E-state index in [2.05, 4.69) is 5.32 Å². The summed E-state index contributed by atoms with van der Waals surface area (Å²) in [6.07, 6.45) is -5.69. The summed E-state index contributed by atoms with van der Waals surface area (Å²) in [6, 6.07) is 12.9. The summed E-state index contributed by atoms with van der Waals surface area (Å²) in [7, 11) is 0. The van der Waals surface area contributed by atoms with Gasteiger partial charge in [0.05, 0.1) is 6.61 Å². The van der Waals surface area contributed by atoms with E-state index in [1.54, 1.807) is 36.4 Å². The minimum atomic E-state index is -1.55. The molecule has 6 rings (SSSR count). The largest absolute Gasteiger partial charge is 0.508 e. The molecule has 1 unspecified atom stereocenters. The highest BCUT2D eigenvalue weighted by atomic mass is 16.7. The maximum absolute atomic E-state index is 13.7. The van der Waals surface area contributed by atoms with E-state index in [0.29, 0.717) is 28.2 Å². The molecular formula is C29H28N2O11. The van der Waals surface area contributed by atoms with Crippen molar-refractivity contribution in [3.8, 4) is 28.7 Å². The number of nitrogens with two attached hydrogens (primary N) is 1. The zero-order valence-corrected chi connectivity index (χ0v) is 22.2. The maximum atomic E-state index is 13.7. The fraction of sp³-hybridized carbons (Fsp3) is 0.310. The fourth-order valence-electron chi connectivity index (χ4n) is 5.69. The Morgan fingerprint density at radius 2 is 1.79 bits per heavy atom. The van der Waals surface area contributed by atoms with Crippen LogP contribution in [0.1, 0.15) is 34.0 Å². The molecule has 3 aliphatic heterocycles. The highest BCUT2D eigenvalue weighted by Crippen LogP contribution is 2.58. The van der Waals surface area contributed by atoms with Crippen molar-refractivity contribution in [2.45, 2.75) is 43.2 Å². The van der Waals surface area contributed by atoms with Gasteiger partial charge >= 0.3 is 5.97 Å². The van der Waals surface area contributed by atoms with Crippen LogP contribution in [0.3, 0.4) is 0 Å². The molecule has 0 saturated carbocycles. The van der Waals surface area contributed by atoms with E-state index in [1.807, 2.05) is 0 Å². The van der Waals surface area contributed by atoms with E-state index >= 15 is 0 Å². The lowest BCUT2D eigenvalue weighted by molar-refractivity contribution is -0.244. The predicted molar refractivity (Wildman–Crippen MR) is 142 cm³/mol. The molecule has 6 atom stereocenters. The van der Waals surface area contributed by atoms with Crippen molar-refractivity contribution in [1.29, 1.82) is 0 Å². The van der Waals surface area contributed by atoms with Crippen LogP contribution in [0.4, 0.5) is 0 Å². The van der Waals surface area contributed by atoms with Gasteiger partial charge in [-0.15, -0.1) is 0 Å². The molecule has 0 radical (unpaired) electrons. The number of aliphatic hydroxyl groups is 3. The highest BCUT2D eigenvalue weighted by molar-refractivity contribution is 5.99. The van der Waals surface area contributed by atoms with E-state index in [0.717, 1.165) is 0 Å². The molecule has 1 saturated heterocycles. The van der Waals surface area contributed by atoms with Gasteiger partial charge in [-0.1, -0.05) is 12.1 Å². The zero-order valence-electron chi connectivity index (χ0n) is 22.2. The van der Waals surface area contributed by atoms with Gasteiger partial charge in [0.25, 0.3) is 0 Å². The second-order valence-corrected chi connectivity index (χ2v) is 10.1. The summed E-state index contributed by atoms with van der Waals surface area (Å²) in [4.78, 5) is 25.6. The van der Waals surface area contributed by atoms with E-state index in [4.69, 9.17) is 29.4 Å². The molecule has 0 bridgehead atoms. The molecule has 3 aromatic carbocycles. The third kappa shape index (κ3) is 4.30. The monoisotopic (exact) mass is 580 g/mol. The Labute approximate surface area is 238 Å². The van der Waals surface area contributed by atoms with Gasteiger partial charge in [0.2, 0.25) is 12.2 Å². The SMILES string of the molecule is CC(=O)N[C@H]1[C@H](Oc2cccc3c2C(=O)OC32c3ccc(O)cc3Oc3cc(OCN)ccc32)O[C@H](CO)[C@@H](O)[C@@H]1O. The topological polar surface area (TPSA) is 199 Å². The summed E-state index contributed by atoms with van der Waals surface area (Å²) in [5.41, 5.74) is 5.36. The number of phenols is 1. The second kappa shape index (κ2) is 10.5. The number of hydrogen-bond acceptors (Lipinski definition) is 12. The number of nitrogens with one attached hydrogen (secondary N) is 1. The zero-order chi connectivity index (χ0) is 29.8. The van der Waals surface area contributed by atoms with Crippen LogP contribution in [0.25, 0.3) is 0 Å². The molecule has 13 nitrogen and oxygen atoms in total. The van der Waals surface area contributed by atoms with Crippen LogP contribution in [0, 0.1) is 0 Å². The highest BCUT2D eigenvalue weighted by Gasteiger charge is 2.55. The van der Waals surface area contributed by atoms with Crippen molar-refractivity contribution in [3.05, 3.63) is 76.9 Å². The molecule has 13 heteroatoms. The maximum Gasteiger partial charge on any atom is 0.343 e. The van der Waals surface area contributed by atoms with Crippen LogP contribution < -0.4 is 25.3 Å². The third-order valence-corrected chi connectivity index (χ3v) is 7.50. The van der Waals surface area contributed by atoms with Crippen molar-refractivity contribution in [2.24, 2.45) is 5.73 Å². The molecule has 220 valence electrons. The van der Waals surface area contributed by atoms with Crippen molar-refractivity contribution in [2.75, 3.05) is 13.3 Å². The summed E-state index contributed by atoms with van der Waals surface area (Å²) in [6.45, 7) is 0.502. The van der Waals surface area contributed by atoms with Gasteiger partial charge in [0, 0.05) is 35.7 Å². The average molecular weight is 581 g/mol. The summed E-state index contributed by atoms with van der Waals surface area (Å²) in [5.74, 6) is -0.388. The Hall–Kier alpha value is -4.40. The second-order valence-electron chi connectivity index (χ2n) is 10.1. The van der Waals surface area contributed by atoms with Gasteiger partial charge in [-0.05, 0) is 30.3 Å². The molecule has 0 aromatic heterocycles. The molecule has 7 N–H and O–H groups in total. The lowest BCUT2D eigenvalue weighted by atomic mass is 9.77. The van der Waals surface area contributed by atoms with E-state index in [9.17, 15) is 30.0 Å². The van der Waals surface area contributed by atoms with Crippen LogP contribution in [0.2, 0.25) is 0 Å². The van der Waals surface area contributed by atoms with Crippen LogP contribution in [0.5, 0.6) is 28.7 Å². The van der Waals surface area contributed by atoms with Gasteiger partial charge in [-0.25, -0.2) is 4.79 Å². The first-order chi connectivity index (χ1) is 20.2. The Morgan fingerprint density at radius 3 is 2.50 bits per heavy atom. The molecule has 1 amide bonds. The number of amides is 1. The lowest BCUT2D eigenvalue weighted by Gasteiger charge is -2.42. The van der Waals surface area contributed by atoms with Crippen LogP contribution in [0.15, 0.2) is 54.6 Å². The molecule has 1 fully saturated rings. The molecule has 3 aromatic rings. The number of hydrogen-bond donors (Lipinski definition) is 6. The number of esters is 1. The van der Waals surface area contributed by atoms with Crippen LogP contribution in [-0.2, 0) is 19.9 Å². The minimum Gasteiger partial charge on any atom is -0.508 e. The quantitative estimate of drug-likeness (QED) is 0.175. The van der Waals surface area contributed by atoms with Crippen molar-refractivity contribution in [3.63, 3.8) is 0 Å². The Morgan fingerprint density at radius 1 is 1.05 bits per heavy atom. The van der Waals surface area contributed by atoms with E-state index < -0.39 is 54.7 Å². The molecule has 3 aliphatic rings. The van der Waals surface area contributed by atoms with Crippen LogP contribution >= 0.6 is 0 Å². The Bertz CT molecular complexity index is 1560. The van der Waals surface area contributed by atoms with Gasteiger partial charge < -0.3 is 49.4 Å². The molecular weight excluding hydrogens is 552 g/mol. The normalized spacial score (nSPS) is 27.3. The summed E-state index contributed by atoms with van der Waals surface area (Å²) >= 11 is 0. The van der Waals surface area contributed by atoms with E-state index in [1.165, 1.54) is 25.1 Å². The Balaban J connectivity index is 1.48. The lowest BCUT2D eigenvalue weighted by Crippen LogP contribution is -2.65. The first-order valence-corrected chi connectivity index (χ1v) is 13.1. The number of carbonyl (C=O) groups is 2. The molecule has 0 aliphatic carbocycles. The van der Waals surface area contributed by atoms with Crippen molar-refractivity contribution < 1.29 is 53.7 Å². The Kier molecular flexibility index (Phi) is 6.91. The molecule has 3 heterocycles. The number of phenolic OH excluding ortho intramolecular Hbond substituents is 1. The molecule has 42 heavy (non-hydrogen) atoms. The number of ether oxygens (including phenoxy) is 5. The number of rotatable bonds is 6. The molecule has 1 spiro atoms. The van der Waals surface area contributed by atoms with Gasteiger partial charge in [0.1, 0.15) is 65.4 Å². The number of benzene rings is 3. The number of carbonyl (C=O) groups excluding carboxylic acids is 2. The number of aliphatic hydroxyl groups excluding tert-OH is 3. The summed E-state index contributed by atoms with van der Waals surface area (Å²) < 4.78 is 29.5. The first-order valence-electron chi connectivity index (χ1n) is 13.1. The standard InChI is InChI=1S/C29H28N2O11/c1-13(33)31-24-26(36)25(35)22(11-32)41-28(24)40-19-4-2-3-18-23(19)27(37)42-29(18)16-7-5-14(34)9-20(16)39-21-10-15(38-12-30)6-8-17(21)29/h2-10,22,24-26,28,32,34-36H,11-12,30H2,1H3,(H,31,33)/t22-,24-,25-,26-,28-,29?/m1/s1. The first kappa shape index (κ1) is 27.8. The van der Waals surface area contributed by atoms with Gasteiger partial charge in [0.15, 0.2) is 5.60 Å². The average Bonchev–Trinajstić information content (AvgIpc) is 3.25. The number of aromatic hydroxyl groups is 1. The van der Waals surface area contributed by atoms with Crippen molar-refractivity contribution >= 4 is 11.9 Å². The minimum absolute atomic E-state index is 0.00598. The van der Waals surface area contributed by atoms with Gasteiger partial charge in [-0.2, -0.15) is 0 Å². The van der Waals surface area contributed by atoms with Crippen LogP contribution in [-0.4, -0.2) is 76.3 Å².